The van der Waals surface area contributed by atoms with Gasteiger partial charge in [-0.05, 0) is 38.8 Å². The van der Waals surface area contributed by atoms with E-state index < -0.39 is 0 Å². The van der Waals surface area contributed by atoms with E-state index in [1.165, 1.54) is 43.5 Å². The van der Waals surface area contributed by atoms with Crippen molar-refractivity contribution in [1.29, 1.82) is 0 Å². The second-order valence-electron chi connectivity index (χ2n) is 5.08. The summed E-state index contributed by atoms with van der Waals surface area (Å²) in [6, 6.07) is 0.680. The van der Waals surface area contributed by atoms with Gasteiger partial charge < -0.3 is 5.32 Å². The lowest BCUT2D eigenvalue weighted by Gasteiger charge is -2.49. The molecule has 6 heteroatoms. The first-order chi connectivity index (χ1) is 8.65. The lowest BCUT2D eigenvalue weighted by molar-refractivity contribution is 0.0217. The van der Waals surface area contributed by atoms with Gasteiger partial charge in [-0.15, -0.1) is 0 Å². The first-order valence-electron chi connectivity index (χ1n) is 6.31. The number of nitrogens with zero attached hydrogens (tertiary/aromatic N) is 2. The highest BCUT2D eigenvalue weighted by Crippen LogP contribution is 2.32. The van der Waals surface area contributed by atoms with Crippen molar-refractivity contribution in [2.45, 2.75) is 31.8 Å². The van der Waals surface area contributed by atoms with Crippen molar-refractivity contribution in [3.8, 4) is 0 Å². The lowest BCUT2D eigenvalue weighted by atomic mass is 9.79. The van der Waals surface area contributed by atoms with Crippen LogP contribution in [0.1, 0.15) is 29.6 Å². The third kappa shape index (κ3) is 2.15. The number of piperidine rings is 3. The summed E-state index contributed by atoms with van der Waals surface area (Å²) in [7, 11) is 0. The van der Waals surface area contributed by atoms with Gasteiger partial charge in [-0.2, -0.15) is 0 Å². The quantitative estimate of drug-likeness (QED) is 0.904. The van der Waals surface area contributed by atoms with Gasteiger partial charge in [0.1, 0.15) is 4.34 Å². The maximum absolute atomic E-state index is 12.1. The summed E-state index contributed by atoms with van der Waals surface area (Å²) >= 11 is 7.04. The van der Waals surface area contributed by atoms with Crippen LogP contribution in [0.25, 0.3) is 0 Å². The van der Waals surface area contributed by atoms with E-state index in [4.69, 9.17) is 11.6 Å². The summed E-state index contributed by atoms with van der Waals surface area (Å²) in [5, 5.41) is 3.60. The molecule has 3 saturated heterocycles. The SMILES string of the molecule is C[C@H]1[C@H](NC(=O)c2ncc(Cl)s2)C2CCN1CC2. The van der Waals surface area contributed by atoms with Crippen LogP contribution in [-0.4, -0.2) is 41.0 Å². The average Bonchev–Trinajstić information content (AvgIpc) is 2.81. The number of hydrogen-bond donors (Lipinski definition) is 1. The Morgan fingerprint density at radius 1 is 1.56 bits per heavy atom. The molecule has 1 N–H and O–H groups in total. The molecule has 3 fully saturated rings. The van der Waals surface area contributed by atoms with Gasteiger partial charge in [0, 0.05) is 12.1 Å². The fourth-order valence-corrected chi connectivity index (χ4v) is 3.93. The molecule has 98 valence electrons. The molecule has 3 aliphatic heterocycles. The molecule has 18 heavy (non-hydrogen) atoms. The minimum atomic E-state index is -0.0856. The minimum Gasteiger partial charge on any atom is -0.345 e. The Morgan fingerprint density at radius 3 is 2.83 bits per heavy atom. The smallest absolute Gasteiger partial charge is 0.280 e. The van der Waals surface area contributed by atoms with Crippen LogP contribution in [0.15, 0.2) is 6.20 Å². The van der Waals surface area contributed by atoms with Gasteiger partial charge in [0.05, 0.1) is 6.20 Å². The van der Waals surface area contributed by atoms with Crippen molar-refractivity contribution in [2.75, 3.05) is 13.1 Å². The molecule has 0 aliphatic carbocycles. The van der Waals surface area contributed by atoms with E-state index in [1.807, 2.05) is 0 Å². The van der Waals surface area contributed by atoms with E-state index >= 15 is 0 Å². The molecule has 1 aromatic heterocycles. The Labute approximate surface area is 115 Å². The third-order valence-corrected chi connectivity index (χ3v) is 5.26. The number of aromatic nitrogens is 1. The zero-order valence-electron chi connectivity index (χ0n) is 10.2. The molecule has 2 bridgehead atoms. The predicted octanol–water partition coefficient (Wildman–Crippen LogP) is 2.01. The van der Waals surface area contributed by atoms with E-state index in [0.29, 0.717) is 21.3 Å². The van der Waals surface area contributed by atoms with E-state index in [-0.39, 0.29) is 11.9 Å². The van der Waals surface area contributed by atoms with Crippen LogP contribution in [-0.2, 0) is 0 Å². The first kappa shape index (κ1) is 12.4. The van der Waals surface area contributed by atoms with Crippen molar-refractivity contribution in [2.24, 2.45) is 5.92 Å². The number of fused-ring (bicyclic) bond motifs is 3. The highest BCUT2D eigenvalue weighted by Gasteiger charge is 2.40. The monoisotopic (exact) mass is 285 g/mol. The van der Waals surface area contributed by atoms with Gasteiger partial charge >= 0.3 is 0 Å². The van der Waals surface area contributed by atoms with E-state index in [0.717, 1.165) is 0 Å². The molecule has 0 aromatic carbocycles. The molecule has 0 radical (unpaired) electrons. The highest BCUT2D eigenvalue weighted by molar-refractivity contribution is 7.17. The zero-order valence-corrected chi connectivity index (χ0v) is 11.8. The summed E-state index contributed by atoms with van der Waals surface area (Å²) in [6.45, 7) is 4.54. The normalized spacial score (nSPS) is 34.6. The Morgan fingerprint density at radius 2 is 2.28 bits per heavy atom. The fraction of sp³-hybridized carbons (Fsp3) is 0.667. The number of halogens is 1. The van der Waals surface area contributed by atoms with Gasteiger partial charge in [-0.3, -0.25) is 9.69 Å². The Hall–Kier alpha value is -0.650. The number of thiazole rings is 1. The topological polar surface area (TPSA) is 45.2 Å². The van der Waals surface area contributed by atoms with Crippen molar-refractivity contribution in [1.82, 2.24) is 15.2 Å². The third-order valence-electron chi connectivity index (χ3n) is 4.15. The maximum Gasteiger partial charge on any atom is 0.280 e. The van der Waals surface area contributed by atoms with E-state index in [9.17, 15) is 4.79 Å². The molecule has 1 aromatic rings. The maximum atomic E-state index is 12.1. The molecule has 0 saturated carbocycles. The van der Waals surface area contributed by atoms with Crippen molar-refractivity contribution in [3.63, 3.8) is 0 Å². The Bertz CT molecular complexity index is 454. The van der Waals surface area contributed by atoms with Gasteiger partial charge in [0.15, 0.2) is 5.01 Å². The molecule has 0 spiro atoms. The fourth-order valence-electron chi connectivity index (χ4n) is 3.12. The standard InChI is InChI=1S/C12H16ClN3OS/c1-7-10(8-2-4-16(7)5-3-8)15-11(17)12-14-6-9(13)18-12/h6-8,10H,2-5H2,1H3,(H,15,17)/t7-,10-/m0/s1. The van der Waals surface area contributed by atoms with Crippen molar-refractivity contribution in [3.05, 3.63) is 15.5 Å². The van der Waals surface area contributed by atoms with E-state index in [2.05, 4.69) is 22.1 Å². The molecule has 4 heterocycles. The average molecular weight is 286 g/mol. The largest absolute Gasteiger partial charge is 0.345 e. The minimum absolute atomic E-state index is 0.0856. The van der Waals surface area contributed by atoms with Gasteiger partial charge in [-0.25, -0.2) is 4.98 Å². The summed E-state index contributed by atoms with van der Waals surface area (Å²) < 4.78 is 0.558. The van der Waals surface area contributed by atoms with Crippen molar-refractivity contribution < 1.29 is 4.79 Å². The molecule has 0 unspecified atom stereocenters. The van der Waals surface area contributed by atoms with Gasteiger partial charge in [0.2, 0.25) is 0 Å². The zero-order chi connectivity index (χ0) is 12.7. The number of hydrogen-bond acceptors (Lipinski definition) is 4. The van der Waals surface area contributed by atoms with Gasteiger partial charge in [0.25, 0.3) is 5.91 Å². The summed E-state index contributed by atoms with van der Waals surface area (Å²) in [4.78, 5) is 18.6. The number of rotatable bonds is 2. The van der Waals surface area contributed by atoms with Crippen LogP contribution >= 0.6 is 22.9 Å². The molecule has 4 rings (SSSR count). The van der Waals surface area contributed by atoms with E-state index in [1.54, 1.807) is 0 Å². The Balaban J connectivity index is 1.71. The number of carbonyl (C=O) groups is 1. The predicted molar refractivity (Wildman–Crippen MR) is 72.1 cm³/mol. The molecule has 2 atom stereocenters. The Kier molecular flexibility index (Phi) is 3.30. The first-order valence-corrected chi connectivity index (χ1v) is 7.51. The summed E-state index contributed by atoms with van der Waals surface area (Å²) in [5.41, 5.74) is 0. The summed E-state index contributed by atoms with van der Waals surface area (Å²) in [6.07, 6.45) is 3.91. The van der Waals surface area contributed by atoms with Crippen LogP contribution in [0.2, 0.25) is 4.34 Å². The number of carbonyl (C=O) groups excluding carboxylic acids is 1. The molecule has 1 amide bonds. The molecular formula is C12H16ClN3OS. The molecular weight excluding hydrogens is 270 g/mol. The van der Waals surface area contributed by atoms with Crippen molar-refractivity contribution >= 4 is 28.8 Å². The molecule has 3 aliphatic rings. The van der Waals surface area contributed by atoms with Crippen LogP contribution in [0.4, 0.5) is 0 Å². The number of nitrogens with one attached hydrogen (secondary N) is 1. The summed E-state index contributed by atoms with van der Waals surface area (Å²) in [5.74, 6) is 0.530. The van der Waals surface area contributed by atoms with Crippen LogP contribution in [0, 0.1) is 5.92 Å². The number of amides is 1. The molecule has 4 nitrogen and oxygen atoms in total. The second-order valence-corrected chi connectivity index (χ2v) is 6.74. The van der Waals surface area contributed by atoms with Crippen LogP contribution in [0.5, 0.6) is 0 Å². The van der Waals surface area contributed by atoms with Crippen LogP contribution in [0.3, 0.4) is 0 Å². The van der Waals surface area contributed by atoms with Crippen LogP contribution < -0.4 is 5.32 Å². The highest BCUT2D eigenvalue weighted by atomic mass is 35.5. The second kappa shape index (κ2) is 4.79. The lowest BCUT2D eigenvalue weighted by Crippen LogP contribution is -2.62. The van der Waals surface area contributed by atoms with Gasteiger partial charge in [-0.1, -0.05) is 22.9 Å².